The normalized spacial score (nSPS) is 11.6. The molecule has 0 aliphatic rings. The summed E-state index contributed by atoms with van der Waals surface area (Å²) in [6, 6.07) is 17.6. The Morgan fingerprint density at radius 3 is 2.47 bits per heavy atom. The number of nitrogens with zero attached hydrogens (tertiary/aromatic N) is 2. The van der Waals surface area contributed by atoms with E-state index in [1.165, 1.54) is 25.3 Å². The van der Waals surface area contributed by atoms with Crippen LogP contribution in [0.3, 0.4) is 0 Å². The first-order chi connectivity index (χ1) is 14.4. The van der Waals surface area contributed by atoms with Gasteiger partial charge in [0.15, 0.2) is 0 Å². The first-order valence-corrected chi connectivity index (χ1v) is 10.6. The van der Waals surface area contributed by atoms with Crippen molar-refractivity contribution >= 4 is 20.9 Å². The highest BCUT2D eigenvalue weighted by Gasteiger charge is 2.24. The highest BCUT2D eigenvalue weighted by Crippen LogP contribution is 2.32. The lowest BCUT2D eigenvalue weighted by Gasteiger charge is -2.06. The van der Waals surface area contributed by atoms with Crippen molar-refractivity contribution in [2.75, 3.05) is 7.11 Å². The maximum atomic E-state index is 14.0. The molecule has 1 heterocycles. The molecule has 0 aliphatic carbocycles. The monoisotopic (exact) mass is 426 g/mol. The van der Waals surface area contributed by atoms with Crippen LogP contribution < -0.4 is 9.47 Å². The summed E-state index contributed by atoms with van der Waals surface area (Å²) in [5, 5.41) is 4.65. The van der Waals surface area contributed by atoms with Crippen LogP contribution in [0.4, 0.5) is 4.39 Å². The maximum absolute atomic E-state index is 14.0. The average molecular weight is 426 g/mol. The fourth-order valence-electron chi connectivity index (χ4n) is 3.03. The Morgan fingerprint density at radius 2 is 1.77 bits per heavy atom. The number of rotatable bonds is 6. The fraction of sp³-hybridized carbons (Fsp3) is 0.136. The second-order valence-electron chi connectivity index (χ2n) is 6.73. The number of fused-ring (bicyclic) bond motifs is 1. The smallest absolute Gasteiger partial charge is 0.283 e. The molecule has 154 valence electrons. The van der Waals surface area contributed by atoms with Gasteiger partial charge in [-0.1, -0.05) is 35.9 Å². The molecule has 0 saturated heterocycles. The van der Waals surface area contributed by atoms with Gasteiger partial charge in [0.25, 0.3) is 10.0 Å². The van der Waals surface area contributed by atoms with Gasteiger partial charge in [-0.2, -0.15) is 8.42 Å². The van der Waals surface area contributed by atoms with E-state index in [-0.39, 0.29) is 17.4 Å². The number of methoxy groups -OCH3 is 1. The van der Waals surface area contributed by atoms with E-state index in [4.69, 9.17) is 9.47 Å². The molecule has 8 heteroatoms. The van der Waals surface area contributed by atoms with Crippen LogP contribution in [0.25, 0.3) is 10.9 Å². The Labute approximate surface area is 173 Å². The van der Waals surface area contributed by atoms with Gasteiger partial charge in [0.1, 0.15) is 18.2 Å². The predicted octanol–water partition coefficient (Wildman–Crippen LogP) is 4.31. The molecule has 0 atom stereocenters. The average Bonchev–Trinajstić information content (AvgIpc) is 3.12. The largest absolute Gasteiger partial charge is 0.497 e. The molecule has 0 N–H and O–H groups in total. The molecule has 0 bridgehead atoms. The number of halogens is 1. The molecule has 4 rings (SSSR count). The van der Waals surface area contributed by atoms with Crippen LogP contribution in [-0.4, -0.2) is 24.7 Å². The Balaban J connectivity index is 1.81. The third kappa shape index (κ3) is 3.61. The van der Waals surface area contributed by atoms with Gasteiger partial charge in [-0.3, -0.25) is 0 Å². The molecule has 0 saturated carbocycles. The quantitative estimate of drug-likeness (QED) is 0.460. The summed E-state index contributed by atoms with van der Waals surface area (Å²) in [4.78, 5) is 0.106. The summed E-state index contributed by atoms with van der Waals surface area (Å²) in [5.41, 5.74) is 1.61. The van der Waals surface area contributed by atoms with E-state index in [0.717, 1.165) is 9.65 Å². The van der Waals surface area contributed by atoms with Crippen molar-refractivity contribution in [2.24, 2.45) is 0 Å². The topological polar surface area (TPSA) is 70.4 Å². The van der Waals surface area contributed by atoms with Crippen LogP contribution in [-0.2, 0) is 16.6 Å². The van der Waals surface area contributed by atoms with E-state index >= 15 is 0 Å². The Morgan fingerprint density at radius 1 is 1.03 bits per heavy atom. The molecule has 30 heavy (non-hydrogen) atoms. The van der Waals surface area contributed by atoms with Crippen LogP contribution >= 0.6 is 0 Å². The lowest BCUT2D eigenvalue weighted by molar-refractivity contribution is 0.290. The van der Waals surface area contributed by atoms with Crippen molar-refractivity contribution in [2.45, 2.75) is 18.4 Å². The van der Waals surface area contributed by atoms with Gasteiger partial charge >= 0.3 is 0 Å². The van der Waals surface area contributed by atoms with Crippen molar-refractivity contribution < 1.29 is 22.3 Å². The summed E-state index contributed by atoms with van der Waals surface area (Å²) in [6.07, 6.45) is 0. The molecule has 0 fully saturated rings. The van der Waals surface area contributed by atoms with Crippen LogP contribution in [0.2, 0.25) is 0 Å². The van der Waals surface area contributed by atoms with Gasteiger partial charge in [-0.05, 0) is 43.3 Å². The van der Waals surface area contributed by atoms with E-state index in [2.05, 4.69) is 5.10 Å². The molecule has 0 radical (unpaired) electrons. The number of hydrogen-bond acceptors (Lipinski definition) is 5. The second-order valence-corrected chi connectivity index (χ2v) is 8.50. The van der Waals surface area contributed by atoms with Crippen LogP contribution in [0, 0.1) is 12.7 Å². The lowest BCUT2D eigenvalue weighted by Crippen LogP contribution is -2.14. The summed E-state index contributed by atoms with van der Waals surface area (Å²) in [7, 11) is -2.45. The molecule has 4 aromatic rings. The molecular weight excluding hydrogens is 407 g/mol. The third-order valence-corrected chi connectivity index (χ3v) is 6.29. The highest BCUT2D eigenvalue weighted by molar-refractivity contribution is 7.90. The fourth-order valence-corrected chi connectivity index (χ4v) is 4.31. The second kappa shape index (κ2) is 7.79. The zero-order chi connectivity index (χ0) is 21.3. The van der Waals surface area contributed by atoms with E-state index in [1.807, 2.05) is 6.92 Å². The van der Waals surface area contributed by atoms with Crippen molar-refractivity contribution in [1.82, 2.24) is 9.19 Å². The number of ether oxygens (including phenoxy) is 2. The SMILES string of the molecule is COc1ccc2c(c1)c(OCc1ccccc1F)nn2S(=O)(=O)c1ccc(C)cc1. The molecule has 0 aliphatic heterocycles. The molecule has 3 aromatic carbocycles. The first-order valence-electron chi connectivity index (χ1n) is 9.15. The molecule has 0 amide bonds. The number of benzene rings is 3. The zero-order valence-electron chi connectivity index (χ0n) is 16.4. The predicted molar refractivity (Wildman–Crippen MR) is 111 cm³/mol. The first kappa shape index (κ1) is 19.9. The number of aromatic nitrogens is 2. The third-order valence-electron chi connectivity index (χ3n) is 4.69. The van der Waals surface area contributed by atoms with Crippen LogP contribution in [0.5, 0.6) is 11.6 Å². The van der Waals surface area contributed by atoms with Crippen molar-refractivity contribution in [3.05, 3.63) is 83.7 Å². The summed E-state index contributed by atoms with van der Waals surface area (Å²) >= 11 is 0. The van der Waals surface area contributed by atoms with E-state index < -0.39 is 15.8 Å². The summed E-state index contributed by atoms with van der Waals surface area (Å²) < 4.78 is 52.3. The van der Waals surface area contributed by atoms with Crippen molar-refractivity contribution in [3.63, 3.8) is 0 Å². The van der Waals surface area contributed by atoms with Gasteiger partial charge in [0.2, 0.25) is 5.88 Å². The molecule has 0 unspecified atom stereocenters. The molecule has 6 nitrogen and oxygen atoms in total. The molecular formula is C22H19FN2O4S. The van der Waals surface area contributed by atoms with Gasteiger partial charge in [0.05, 0.1) is 22.9 Å². The van der Waals surface area contributed by atoms with Gasteiger partial charge < -0.3 is 9.47 Å². The van der Waals surface area contributed by atoms with Gasteiger partial charge in [-0.25, -0.2) is 4.39 Å². The maximum Gasteiger partial charge on any atom is 0.283 e. The minimum atomic E-state index is -3.96. The summed E-state index contributed by atoms with van der Waals surface area (Å²) in [6.45, 7) is 1.78. The molecule has 1 aromatic heterocycles. The standard InChI is InChI=1S/C22H19FN2O4S/c1-15-7-10-18(11-8-15)30(26,27)25-21-12-9-17(28-2)13-19(21)22(24-25)29-14-16-5-3-4-6-20(16)23/h3-13H,14H2,1-2H3. The Kier molecular flexibility index (Phi) is 5.17. The van der Waals surface area contributed by atoms with Crippen molar-refractivity contribution in [3.8, 4) is 11.6 Å². The zero-order valence-corrected chi connectivity index (χ0v) is 17.2. The Hall–Kier alpha value is -3.39. The van der Waals surface area contributed by atoms with E-state index in [9.17, 15) is 12.8 Å². The number of aryl methyl sites for hydroxylation is 1. The highest BCUT2D eigenvalue weighted by atomic mass is 32.2. The van der Waals surface area contributed by atoms with Gasteiger partial charge in [0, 0.05) is 5.56 Å². The van der Waals surface area contributed by atoms with Crippen molar-refractivity contribution in [1.29, 1.82) is 0 Å². The summed E-state index contributed by atoms with van der Waals surface area (Å²) in [5.74, 6) is 0.180. The lowest BCUT2D eigenvalue weighted by atomic mass is 10.2. The van der Waals surface area contributed by atoms with Gasteiger partial charge in [-0.15, -0.1) is 9.19 Å². The minimum absolute atomic E-state index is 0.0721. The molecule has 0 spiro atoms. The van der Waals surface area contributed by atoms with Crippen LogP contribution in [0.1, 0.15) is 11.1 Å². The van der Waals surface area contributed by atoms with E-state index in [1.54, 1.807) is 48.5 Å². The number of hydrogen-bond donors (Lipinski definition) is 0. The minimum Gasteiger partial charge on any atom is -0.497 e. The van der Waals surface area contributed by atoms with E-state index in [0.29, 0.717) is 22.2 Å². The van der Waals surface area contributed by atoms with Crippen LogP contribution in [0.15, 0.2) is 71.6 Å². The Bertz CT molecular complexity index is 1310.